The van der Waals surface area contributed by atoms with Gasteiger partial charge in [0.2, 0.25) is 0 Å². The van der Waals surface area contributed by atoms with Gasteiger partial charge in [0.1, 0.15) is 17.1 Å². The number of hydrogen-bond donors (Lipinski definition) is 0. The lowest BCUT2D eigenvalue weighted by Crippen LogP contribution is -2.29. The molecule has 37 heavy (non-hydrogen) atoms. The number of thioether (sulfide) groups is 1. The van der Waals surface area contributed by atoms with Crippen LogP contribution in [0, 0.1) is 0 Å². The molecule has 0 radical (unpaired) electrons. The third-order valence-corrected chi connectivity index (χ3v) is 7.38. The zero-order valence-corrected chi connectivity index (χ0v) is 22.7. The molecule has 10 heteroatoms. The van der Waals surface area contributed by atoms with Crippen molar-refractivity contribution in [2.75, 3.05) is 19.3 Å². The molecular weight excluding hydrogens is 488 g/mol. The van der Waals surface area contributed by atoms with Gasteiger partial charge < -0.3 is 9.30 Å². The fraction of sp³-hybridized carbons (Fsp3) is 0.407. The van der Waals surface area contributed by atoms with Crippen LogP contribution in [0.5, 0.6) is 0 Å². The van der Waals surface area contributed by atoms with E-state index >= 15 is 0 Å². The number of aromatic nitrogens is 5. The minimum absolute atomic E-state index is 0.0118. The van der Waals surface area contributed by atoms with Crippen LogP contribution in [0.25, 0.3) is 16.9 Å². The molecule has 4 heterocycles. The first-order valence-electron chi connectivity index (χ1n) is 12.3. The molecular formula is C27H32N6O3S. The summed E-state index contributed by atoms with van der Waals surface area (Å²) in [5, 5.41) is 0. The molecule has 0 saturated carbocycles. The summed E-state index contributed by atoms with van der Waals surface area (Å²) in [6.07, 6.45) is 6.16. The number of carbonyl (C=O) groups is 1. The van der Waals surface area contributed by atoms with Crippen molar-refractivity contribution in [1.82, 2.24) is 28.6 Å². The lowest BCUT2D eigenvalue weighted by molar-refractivity contribution is 0.00584. The molecule has 0 spiro atoms. The zero-order chi connectivity index (χ0) is 26.3. The van der Waals surface area contributed by atoms with E-state index in [2.05, 4.69) is 14.9 Å². The van der Waals surface area contributed by atoms with Gasteiger partial charge in [-0.25, -0.2) is 19.6 Å². The Kier molecular flexibility index (Phi) is 6.72. The van der Waals surface area contributed by atoms with E-state index in [1.165, 1.54) is 0 Å². The summed E-state index contributed by atoms with van der Waals surface area (Å²) in [5.74, 6) is 0.396. The molecule has 1 aromatic carbocycles. The maximum Gasteiger partial charge on any atom is 0.357 e. The van der Waals surface area contributed by atoms with E-state index in [1.807, 2.05) is 75.0 Å². The summed E-state index contributed by atoms with van der Waals surface area (Å²) in [6, 6.07) is 11.8. The first-order chi connectivity index (χ1) is 17.7. The number of likely N-dealkylation sites (tertiary alicyclic amines) is 1. The number of pyridine rings is 1. The molecule has 0 aliphatic carbocycles. The lowest BCUT2D eigenvalue weighted by Gasteiger charge is -2.20. The highest BCUT2D eigenvalue weighted by atomic mass is 32.2. The molecule has 0 amide bonds. The number of imidazole rings is 2. The Hall–Kier alpha value is -3.37. The van der Waals surface area contributed by atoms with E-state index in [0.717, 1.165) is 34.9 Å². The van der Waals surface area contributed by atoms with Crippen LogP contribution in [-0.4, -0.2) is 59.5 Å². The molecule has 1 saturated heterocycles. The summed E-state index contributed by atoms with van der Waals surface area (Å²) < 4.78 is 10.9. The Morgan fingerprint density at radius 2 is 1.92 bits per heavy atom. The Balaban J connectivity index is 1.39. The van der Waals surface area contributed by atoms with Gasteiger partial charge in [0.05, 0.1) is 30.0 Å². The van der Waals surface area contributed by atoms with Crippen LogP contribution in [0.2, 0.25) is 0 Å². The Morgan fingerprint density at radius 1 is 1.16 bits per heavy atom. The Labute approximate surface area is 220 Å². The fourth-order valence-electron chi connectivity index (χ4n) is 4.84. The minimum Gasteiger partial charge on any atom is -0.455 e. The molecule has 3 aromatic heterocycles. The number of rotatable bonds is 6. The van der Waals surface area contributed by atoms with Crippen molar-refractivity contribution < 1.29 is 9.53 Å². The van der Waals surface area contributed by atoms with Gasteiger partial charge in [-0.15, -0.1) is 11.8 Å². The van der Waals surface area contributed by atoms with Crippen molar-refractivity contribution in [3.8, 4) is 5.69 Å². The third-order valence-electron chi connectivity index (χ3n) is 6.63. The first-order valence-corrected chi connectivity index (χ1v) is 13.6. The van der Waals surface area contributed by atoms with Crippen molar-refractivity contribution in [2.24, 2.45) is 7.05 Å². The predicted octanol–water partition coefficient (Wildman–Crippen LogP) is 4.04. The molecule has 1 aliphatic heterocycles. The van der Waals surface area contributed by atoms with E-state index in [4.69, 9.17) is 4.74 Å². The van der Waals surface area contributed by atoms with Crippen LogP contribution in [-0.2, 0) is 18.3 Å². The highest BCUT2D eigenvalue weighted by Gasteiger charge is 2.30. The van der Waals surface area contributed by atoms with Crippen LogP contribution >= 0.6 is 11.8 Å². The summed E-state index contributed by atoms with van der Waals surface area (Å²) in [7, 11) is 1.83. The summed E-state index contributed by atoms with van der Waals surface area (Å²) in [6.45, 7) is 7.62. The van der Waals surface area contributed by atoms with Gasteiger partial charge in [0.25, 0.3) is 0 Å². The van der Waals surface area contributed by atoms with E-state index < -0.39 is 5.60 Å². The van der Waals surface area contributed by atoms with Crippen molar-refractivity contribution in [3.05, 3.63) is 70.8 Å². The molecule has 194 valence electrons. The number of ether oxygens (including phenoxy) is 1. The van der Waals surface area contributed by atoms with Crippen LogP contribution in [0.4, 0.5) is 0 Å². The largest absolute Gasteiger partial charge is 0.455 e. The molecule has 0 N–H and O–H groups in total. The Morgan fingerprint density at radius 3 is 2.62 bits per heavy atom. The maximum absolute atomic E-state index is 13.7. The van der Waals surface area contributed by atoms with Crippen molar-refractivity contribution in [3.63, 3.8) is 0 Å². The SMILES string of the molecule is CSc1ccc(-n2c(=O)n([C@H]3CCN(Cc4ncc(C(=O)OC(C)(C)C)n4C)C3)c3ncccc32)cc1. The zero-order valence-electron chi connectivity index (χ0n) is 21.8. The number of hydrogen-bond acceptors (Lipinski definition) is 7. The smallest absolute Gasteiger partial charge is 0.357 e. The van der Waals surface area contributed by atoms with Crippen LogP contribution < -0.4 is 5.69 Å². The fourth-order valence-corrected chi connectivity index (χ4v) is 5.25. The highest BCUT2D eigenvalue weighted by molar-refractivity contribution is 7.98. The molecule has 0 unspecified atom stereocenters. The minimum atomic E-state index is -0.568. The summed E-state index contributed by atoms with van der Waals surface area (Å²) >= 11 is 1.67. The summed E-state index contributed by atoms with van der Waals surface area (Å²) in [4.78, 5) is 38.8. The number of nitrogens with zero attached hydrogens (tertiary/aromatic N) is 6. The number of carbonyl (C=O) groups excluding carboxylic acids is 1. The van der Waals surface area contributed by atoms with Gasteiger partial charge in [0, 0.05) is 31.2 Å². The van der Waals surface area contributed by atoms with Crippen molar-refractivity contribution >= 4 is 28.9 Å². The molecule has 1 atom stereocenters. The topological polar surface area (TPSA) is 87.2 Å². The standard InChI is InChI=1S/C27H32N6O3S/c1-27(2,3)36-25(34)22-15-29-23(30(22)4)17-31-14-12-19(16-31)33-24-21(7-6-13-28-24)32(26(33)35)18-8-10-20(37-5)11-9-18/h6-11,13,15,19H,12,14,16-17H2,1-5H3/t19-/m0/s1. The quantitative estimate of drug-likeness (QED) is 0.280. The van der Waals surface area contributed by atoms with Gasteiger partial charge in [-0.1, -0.05) is 0 Å². The average molecular weight is 521 g/mol. The Bertz CT molecular complexity index is 1500. The second kappa shape index (κ2) is 9.83. The van der Waals surface area contributed by atoms with Crippen LogP contribution in [0.15, 0.2) is 58.5 Å². The van der Waals surface area contributed by atoms with Gasteiger partial charge in [-0.05, 0) is 69.8 Å². The monoisotopic (exact) mass is 520 g/mol. The highest BCUT2D eigenvalue weighted by Crippen LogP contribution is 2.27. The third kappa shape index (κ3) is 4.95. The molecule has 1 aliphatic rings. The molecule has 1 fully saturated rings. The predicted molar refractivity (Wildman–Crippen MR) is 144 cm³/mol. The summed E-state index contributed by atoms with van der Waals surface area (Å²) in [5.41, 5.74) is 2.10. The van der Waals surface area contributed by atoms with Gasteiger partial charge in [-0.2, -0.15) is 0 Å². The van der Waals surface area contributed by atoms with Gasteiger partial charge in [-0.3, -0.25) is 14.0 Å². The molecule has 0 bridgehead atoms. The van der Waals surface area contributed by atoms with Gasteiger partial charge in [0.15, 0.2) is 5.65 Å². The first kappa shape index (κ1) is 25.3. The van der Waals surface area contributed by atoms with Crippen LogP contribution in [0.3, 0.4) is 0 Å². The molecule has 5 rings (SSSR count). The van der Waals surface area contributed by atoms with E-state index in [1.54, 1.807) is 33.3 Å². The number of esters is 1. The van der Waals surface area contributed by atoms with Crippen LogP contribution in [0.1, 0.15) is 49.5 Å². The molecule has 4 aromatic rings. The maximum atomic E-state index is 13.7. The molecule has 9 nitrogen and oxygen atoms in total. The second-order valence-electron chi connectivity index (χ2n) is 10.3. The van der Waals surface area contributed by atoms with E-state index in [9.17, 15) is 9.59 Å². The van der Waals surface area contributed by atoms with Crippen molar-refractivity contribution in [1.29, 1.82) is 0 Å². The van der Waals surface area contributed by atoms with E-state index in [0.29, 0.717) is 24.4 Å². The van der Waals surface area contributed by atoms with Crippen molar-refractivity contribution in [2.45, 2.75) is 50.3 Å². The lowest BCUT2D eigenvalue weighted by atomic mass is 10.2. The average Bonchev–Trinajstić information content (AvgIpc) is 3.54. The van der Waals surface area contributed by atoms with E-state index in [-0.39, 0.29) is 17.7 Å². The number of benzene rings is 1. The van der Waals surface area contributed by atoms with Gasteiger partial charge >= 0.3 is 11.7 Å². The normalized spacial score (nSPS) is 16.5. The number of fused-ring (bicyclic) bond motifs is 1. The second-order valence-corrected chi connectivity index (χ2v) is 11.2.